The molecule has 0 saturated carbocycles. The van der Waals surface area contributed by atoms with Gasteiger partial charge >= 0.3 is 0 Å². The number of nitrogens with zero attached hydrogens (tertiary/aromatic N) is 2. The van der Waals surface area contributed by atoms with Gasteiger partial charge in [-0.05, 0) is 30.9 Å². The minimum atomic E-state index is 0.0547. The van der Waals surface area contributed by atoms with E-state index in [2.05, 4.69) is 34.4 Å². The molecule has 1 heterocycles. The van der Waals surface area contributed by atoms with E-state index in [0.717, 1.165) is 18.7 Å². The Hall–Kier alpha value is -1.68. The lowest BCUT2D eigenvalue weighted by Crippen LogP contribution is -2.18. The van der Waals surface area contributed by atoms with E-state index in [9.17, 15) is 0 Å². The fourth-order valence-electron chi connectivity index (χ4n) is 2.53. The Morgan fingerprint density at radius 2 is 2.00 bits per heavy atom. The summed E-state index contributed by atoms with van der Waals surface area (Å²) in [5.74, 6) is 1.82. The third-order valence-corrected chi connectivity index (χ3v) is 3.40. The molecule has 18 heavy (non-hydrogen) atoms. The number of nitrogens with two attached hydrogens (primary N) is 1. The molecule has 2 aromatic rings. The van der Waals surface area contributed by atoms with E-state index < -0.39 is 0 Å². The van der Waals surface area contributed by atoms with E-state index in [4.69, 9.17) is 10.3 Å². The minimum absolute atomic E-state index is 0.0547. The summed E-state index contributed by atoms with van der Waals surface area (Å²) in [5.41, 5.74) is 8.54. The summed E-state index contributed by atoms with van der Waals surface area (Å²) in [6.45, 7) is 1.94. The largest absolute Gasteiger partial charge is 0.339 e. The molecular formula is C14H17N3O. The van der Waals surface area contributed by atoms with Crippen molar-refractivity contribution in [2.45, 2.75) is 38.1 Å². The van der Waals surface area contributed by atoms with E-state index in [0.29, 0.717) is 18.2 Å². The van der Waals surface area contributed by atoms with Gasteiger partial charge < -0.3 is 10.3 Å². The number of aromatic nitrogens is 2. The van der Waals surface area contributed by atoms with Gasteiger partial charge in [0, 0.05) is 18.4 Å². The lowest BCUT2D eigenvalue weighted by atomic mass is 10.1. The van der Waals surface area contributed by atoms with Crippen molar-refractivity contribution in [3.8, 4) is 0 Å². The molecule has 4 nitrogen and oxygen atoms in total. The predicted octanol–water partition coefficient (Wildman–Crippen LogP) is 1.84. The molecular weight excluding hydrogens is 226 g/mol. The molecule has 1 aromatic heterocycles. The number of hydrogen-bond acceptors (Lipinski definition) is 4. The van der Waals surface area contributed by atoms with Crippen LogP contribution in [0.25, 0.3) is 0 Å². The first kappa shape index (κ1) is 11.4. The topological polar surface area (TPSA) is 64.9 Å². The lowest BCUT2D eigenvalue weighted by molar-refractivity contribution is 0.364. The van der Waals surface area contributed by atoms with Crippen LogP contribution in [0.1, 0.15) is 35.7 Å². The van der Waals surface area contributed by atoms with Gasteiger partial charge in [0.2, 0.25) is 5.89 Å². The second-order valence-electron chi connectivity index (χ2n) is 5.10. The minimum Gasteiger partial charge on any atom is -0.339 e. The molecule has 4 heteroatoms. The molecule has 3 rings (SSSR count). The summed E-state index contributed by atoms with van der Waals surface area (Å²) in [6, 6.07) is 8.58. The fraction of sp³-hybridized carbons (Fsp3) is 0.429. The molecule has 1 unspecified atom stereocenters. The fourth-order valence-corrected chi connectivity index (χ4v) is 2.53. The Labute approximate surface area is 106 Å². The summed E-state index contributed by atoms with van der Waals surface area (Å²) in [5, 5.41) is 4.09. The van der Waals surface area contributed by atoms with Crippen molar-refractivity contribution in [1.29, 1.82) is 0 Å². The quantitative estimate of drug-likeness (QED) is 0.893. The van der Waals surface area contributed by atoms with Crippen LogP contribution in [0.15, 0.2) is 28.8 Å². The van der Waals surface area contributed by atoms with Gasteiger partial charge in [0.1, 0.15) is 0 Å². The summed E-state index contributed by atoms with van der Waals surface area (Å²) in [7, 11) is 0. The van der Waals surface area contributed by atoms with Crippen molar-refractivity contribution >= 4 is 0 Å². The normalized spacial score (nSPS) is 16.8. The molecule has 0 fully saturated rings. The van der Waals surface area contributed by atoms with Crippen molar-refractivity contribution in [2.75, 3.05) is 0 Å². The predicted molar refractivity (Wildman–Crippen MR) is 68.2 cm³/mol. The van der Waals surface area contributed by atoms with Gasteiger partial charge in [-0.25, -0.2) is 0 Å². The van der Waals surface area contributed by atoms with Gasteiger partial charge in [0.15, 0.2) is 5.82 Å². The highest BCUT2D eigenvalue weighted by Crippen LogP contribution is 2.32. The zero-order valence-corrected chi connectivity index (χ0v) is 10.5. The number of benzene rings is 1. The molecule has 0 radical (unpaired) electrons. The highest BCUT2D eigenvalue weighted by atomic mass is 16.5. The number of rotatable bonds is 3. The smallest absolute Gasteiger partial charge is 0.228 e. The number of fused-ring (bicyclic) bond motifs is 1. The van der Waals surface area contributed by atoms with Crippen LogP contribution in [0.3, 0.4) is 0 Å². The Morgan fingerprint density at radius 3 is 2.61 bits per heavy atom. The van der Waals surface area contributed by atoms with Gasteiger partial charge in [-0.2, -0.15) is 4.98 Å². The maximum atomic E-state index is 5.73. The highest BCUT2D eigenvalue weighted by Gasteiger charge is 2.26. The molecule has 1 aliphatic carbocycles. The molecule has 2 N–H and O–H groups in total. The van der Waals surface area contributed by atoms with E-state index in [1.807, 2.05) is 6.92 Å². The molecule has 0 aliphatic heterocycles. The maximum absolute atomic E-state index is 5.73. The van der Waals surface area contributed by atoms with Crippen molar-refractivity contribution in [3.63, 3.8) is 0 Å². The van der Waals surface area contributed by atoms with Crippen LogP contribution in [0.2, 0.25) is 0 Å². The number of hydrogen-bond donors (Lipinski definition) is 1. The van der Waals surface area contributed by atoms with Gasteiger partial charge in [-0.15, -0.1) is 0 Å². The second kappa shape index (κ2) is 4.53. The van der Waals surface area contributed by atoms with E-state index in [1.165, 1.54) is 11.1 Å². The molecule has 0 saturated heterocycles. The average molecular weight is 243 g/mol. The summed E-state index contributed by atoms with van der Waals surface area (Å²) >= 11 is 0. The molecule has 0 bridgehead atoms. The second-order valence-corrected chi connectivity index (χ2v) is 5.10. The van der Waals surface area contributed by atoms with Crippen molar-refractivity contribution in [2.24, 2.45) is 5.73 Å². The molecule has 94 valence electrons. The van der Waals surface area contributed by atoms with Crippen LogP contribution in [-0.2, 0) is 19.3 Å². The summed E-state index contributed by atoms with van der Waals surface area (Å²) < 4.78 is 5.25. The van der Waals surface area contributed by atoms with Gasteiger partial charge in [-0.3, -0.25) is 0 Å². The Balaban J connectivity index is 1.76. The molecule has 1 atom stereocenters. The Bertz CT molecular complexity index is 522. The van der Waals surface area contributed by atoms with Crippen LogP contribution in [0, 0.1) is 0 Å². The first-order chi connectivity index (χ1) is 8.72. The Morgan fingerprint density at radius 1 is 1.33 bits per heavy atom. The zero-order chi connectivity index (χ0) is 12.5. The van der Waals surface area contributed by atoms with E-state index >= 15 is 0 Å². The molecule has 1 aromatic carbocycles. The maximum Gasteiger partial charge on any atom is 0.228 e. The Kier molecular flexibility index (Phi) is 2.88. The summed E-state index contributed by atoms with van der Waals surface area (Å²) in [4.78, 5) is 4.46. The lowest BCUT2D eigenvalue weighted by Gasteiger charge is -2.01. The summed E-state index contributed by atoms with van der Waals surface area (Å²) in [6.07, 6.45) is 2.66. The van der Waals surface area contributed by atoms with Crippen LogP contribution < -0.4 is 5.73 Å². The third kappa shape index (κ3) is 2.16. The van der Waals surface area contributed by atoms with Crippen molar-refractivity contribution < 1.29 is 4.52 Å². The first-order valence-corrected chi connectivity index (χ1v) is 6.37. The van der Waals surface area contributed by atoms with Crippen LogP contribution >= 0.6 is 0 Å². The molecule has 1 aliphatic rings. The van der Waals surface area contributed by atoms with Crippen LogP contribution in [0.5, 0.6) is 0 Å². The SMILES string of the molecule is CC(N)Cc1nc(C2Cc3ccccc3C2)no1. The van der Waals surface area contributed by atoms with Crippen molar-refractivity contribution in [3.05, 3.63) is 47.1 Å². The monoisotopic (exact) mass is 243 g/mol. The van der Waals surface area contributed by atoms with Gasteiger partial charge in [-0.1, -0.05) is 29.4 Å². The highest BCUT2D eigenvalue weighted by molar-refractivity contribution is 5.34. The van der Waals surface area contributed by atoms with Gasteiger partial charge in [0.05, 0.1) is 0 Å². The average Bonchev–Trinajstić information content (AvgIpc) is 2.93. The van der Waals surface area contributed by atoms with E-state index in [-0.39, 0.29) is 6.04 Å². The van der Waals surface area contributed by atoms with E-state index in [1.54, 1.807) is 0 Å². The van der Waals surface area contributed by atoms with Crippen molar-refractivity contribution in [1.82, 2.24) is 10.1 Å². The van der Waals surface area contributed by atoms with Crippen LogP contribution in [-0.4, -0.2) is 16.2 Å². The van der Waals surface area contributed by atoms with Gasteiger partial charge in [0.25, 0.3) is 0 Å². The first-order valence-electron chi connectivity index (χ1n) is 6.37. The van der Waals surface area contributed by atoms with Crippen LogP contribution in [0.4, 0.5) is 0 Å². The standard InChI is InChI=1S/C14H17N3O/c1-9(15)6-13-16-14(17-18-13)12-7-10-4-2-3-5-11(10)8-12/h2-5,9,12H,6-8,15H2,1H3. The third-order valence-electron chi connectivity index (χ3n) is 3.40. The zero-order valence-electron chi connectivity index (χ0n) is 10.5. The molecule has 0 spiro atoms. The molecule has 0 amide bonds.